The van der Waals surface area contributed by atoms with E-state index in [1.165, 1.54) is 6.92 Å². The molecule has 158 valence electrons. The summed E-state index contributed by atoms with van der Waals surface area (Å²) in [4.78, 5) is 42.7. The minimum absolute atomic E-state index is 0.0118. The van der Waals surface area contributed by atoms with Crippen LogP contribution in [0.2, 0.25) is 0 Å². The van der Waals surface area contributed by atoms with Crippen LogP contribution in [0.25, 0.3) is 0 Å². The Morgan fingerprint density at radius 3 is 2.00 bits per heavy atom. The van der Waals surface area contributed by atoms with Gasteiger partial charge >= 0.3 is 0 Å². The Hall–Kier alpha value is -3.35. The van der Waals surface area contributed by atoms with Crippen LogP contribution in [0.4, 0.5) is 11.4 Å². The van der Waals surface area contributed by atoms with E-state index >= 15 is 0 Å². The van der Waals surface area contributed by atoms with Crippen LogP contribution in [0.15, 0.2) is 48.5 Å². The third-order valence-corrected chi connectivity index (χ3v) is 5.13. The molecule has 7 heteroatoms. The van der Waals surface area contributed by atoms with Gasteiger partial charge in [0.2, 0.25) is 5.91 Å². The van der Waals surface area contributed by atoms with Crippen LogP contribution in [0.3, 0.4) is 0 Å². The third-order valence-electron chi connectivity index (χ3n) is 5.13. The molecule has 0 bridgehead atoms. The van der Waals surface area contributed by atoms with Gasteiger partial charge < -0.3 is 20.0 Å². The summed E-state index contributed by atoms with van der Waals surface area (Å²) in [5.74, 6) is -0.281. The Balaban J connectivity index is 1.65. The fourth-order valence-corrected chi connectivity index (χ4v) is 3.52. The Kier molecular flexibility index (Phi) is 6.72. The molecule has 1 aliphatic rings. The van der Waals surface area contributed by atoms with Crippen molar-refractivity contribution >= 4 is 29.1 Å². The molecular formula is C23H28N4O3. The minimum Gasteiger partial charge on any atom is -0.378 e. The molecule has 1 fully saturated rings. The number of carbonyl (C=O) groups excluding carboxylic acids is 3. The van der Waals surface area contributed by atoms with E-state index in [2.05, 4.69) is 5.32 Å². The van der Waals surface area contributed by atoms with Gasteiger partial charge in [-0.1, -0.05) is 6.07 Å². The topological polar surface area (TPSA) is 73.0 Å². The highest BCUT2D eigenvalue weighted by molar-refractivity contribution is 5.97. The predicted molar refractivity (Wildman–Crippen MR) is 118 cm³/mol. The first-order chi connectivity index (χ1) is 14.3. The zero-order valence-electron chi connectivity index (χ0n) is 17.7. The highest BCUT2D eigenvalue weighted by Crippen LogP contribution is 2.17. The zero-order chi connectivity index (χ0) is 21.7. The highest BCUT2D eigenvalue weighted by atomic mass is 16.2. The summed E-state index contributed by atoms with van der Waals surface area (Å²) in [6.45, 7) is 3.61. The largest absolute Gasteiger partial charge is 0.378 e. The molecule has 1 aliphatic heterocycles. The normalized spacial score (nSPS) is 14.1. The molecule has 0 spiro atoms. The van der Waals surface area contributed by atoms with Gasteiger partial charge in [0.15, 0.2) is 0 Å². The second-order valence-electron chi connectivity index (χ2n) is 7.64. The number of benzene rings is 2. The molecule has 1 N–H and O–H groups in total. The summed E-state index contributed by atoms with van der Waals surface area (Å²) in [7, 11) is 3.92. The average molecular weight is 409 g/mol. The van der Waals surface area contributed by atoms with Gasteiger partial charge in [-0.2, -0.15) is 0 Å². The third kappa shape index (κ3) is 5.17. The maximum Gasteiger partial charge on any atom is 0.253 e. The van der Waals surface area contributed by atoms with Gasteiger partial charge in [-0.05, 0) is 48.9 Å². The molecular weight excluding hydrogens is 380 g/mol. The maximum atomic E-state index is 12.9. The number of anilines is 2. The van der Waals surface area contributed by atoms with Gasteiger partial charge in [0.25, 0.3) is 11.8 Å². The first-order valence-corrected chi connectivity index (χ1v) is 10.1. The van der Waals surface area contributed by atoms with Gasteiger partial charge in [-0.25, -0.2) is 0 Å². The number of rotatable bonds is 4. The first kappa shape index (κ1) is 21.4. The fourth-order valence-electron chi connectivity index (χ4n) is 3.52. The molecule has 1 saturated heterocycles. The van der Waals surface area contributed by atoms with Crippen LogP contribution < -0.4 is 10.2 Å². The predicted octanol–water partition coefficient (Wildman–Crippen LogP) is 2.70. The Bertz CT molecular complexity index is 924. The molecule has 0 atom stereocenters. The number of nitrogens with one attached hydrogen (secondary N) is 1. The molecule has 0 aromatic heterocycles. The van der Waals surface area contributed by atoms with Crippen LogP contribution in [-0.2, 0) is 4.79 Å². The van der Waals surface area contributed by atoms with Gasteiger partial charge in [-0.15, -0.1) is 0 Å². The van der Waals surface area contributed by atoms with E-state index in [9.17, 15) is 14.4 Å². The minimum atomic E-state index is -0.179. The quantitative estimate of drug-likeness (QED) is 0.844. The van der Waals surface area contributed by atoms with Crippen molar-refractivity contribution in [3.63, 3.8) is 0 Å². The lowest BCUT2D eigenvalue weighted by atomic mass is 10.1. The van der Waals surface area contributed by atoms with Gasteiger partial charge in [-0.3, -0.25) is 14.4 Å². The van der Waals surface area contributed by atoms with Crippen LogP contribution in [-0.4, -0.2) is 67.8 Å². The van der Waals surface area contributed by atoms with E-state index in [1.807, 2.05) is 48.2 Å². The second kappa shape index (κ2) is 9.43. The number of nitrogens with zero attached hydrogens (tertiary/aromatic N) is 3. The first-order valence-electron chi connectivity index (χ1n) is 10.1. The van der Waals surface area contributed by atoms with Gasteiger partial charge in [0.05, 0.1) is 0 Å². The second-order valence-corrected chi connectivity index (χ2v) is 7.64. The molecule has 0 radical (unpaired) electrons. The summed E-state index contributed by atoms with van der Waals surface area (Å²) >= 11 is 0. The molecule has 3 rings (SSSR count). The average Bonchev–Trinajstić information content (AvgIpc) is 2.99. The van der Waals surface area contributed by atoms with Crippen molar-refractivity contribution in [3.05, 3.63) is 59.7 Å². The smallest absolute Gasteiger partial charge is 0.253 e. The molecule has 2 aromatic rings. The SMILES string of the molecule is CC(=O)Nc1cccc(C(=O)N2CCCN(C(=O)c3ccc(N(C)C)cc3)CC2)c1. The van der Waals surface area contributed by atoms with Crippen LogP contribution in [0, 0.1) is 0 Å². The Labute approximate surface area is 177 Å². The molecule has 7 nitrogen and oxygen atoms in total. The van der Waals surface area contributed by atoms with Crippen molar-refractivity contribution < 1.29 is 14.4 Å². The molecule has 2 aromatic carbocycles. The van der Waals surface area contributed by atoms with Crippen molar-refractivity contribution in [2.75, 3.05) is 50.5 Å². The lowest BCUT2D eigenvalue weighted by Gasteiger charge is -2.23. The van der Waals surface area contributed by atoms with Crippen LogP contribution in [0.1, 0.15) is 34.1 Å². The van der Waals surface area contributed by atoms with Crippen molar-refractivity contribution in [1.29, 1.82) is 0 Å². The van der Waals surface area contributed by atoms with E-state index in [0.717, 1.165) is 12.1 Å². The number of amides is 3. The maximum absolute atomic E-state index is 12.9. The number of hydrogen-bond acceptors (Lipinski definition) is 4. The summed E-state index contributed by atoms with van der Waals surface area (Å²) in [5, 5.41) is 2.70. The molecule has 0 unspecified atom stereocenters. The van der Waals surface area contributed by atoms with E-state index in [1.54, 1.807) is 29.2 Å². The molecule has 3 amide bonds. The lowest BCUT2D eigenvalue weighted by molar-refractivity contribution is -0.114. The number of carbonyl (C=O) groups is 3. The van der Waals surface area contributed by atoms with E-state index in [-0.39, 0.29) is 17.7 Å². The van der Waals surface area contributed by atoms with Crippen molar-refractivity contribution in [2.45, 2.75) is 13.3 Å². The van der Waals surface area contributed by atoms with Crippen LogP contribution in [0.5, 0.6) is 0 Å². The summed E-state index contributed by atoms with van der Waals surface area (Å²) in [5.41, 5.74) is 2.82. The zero-order valence-corrected chi connectivity index (χ0v) is 17.7. The Morgan fingerprint density at radius 1 is 0.833 bits per heavy atom. The monoisotopic (exact) mass is 408 g/mol. The van der Waals surface area contributed by atoms with E-state index in [0.29, 0.717) is 43.0 Å². The van der Waals surface area contributed by atoms with E-state index < -0.39 is 0 Å². The van der Waals surface area contributed by atoms with Crippen LogP contribution >= 0.6 is 0 Å². The van der Waals surface area contributed by atoms with Crippen molar-refractivity contribution in [1.82, 2.24) is 9.80 Å². The fraction of sp³-hybridized carbons (Fsp3) is 0.348. The highest BCUT2D eigenvalue weighted by Gasteiger charge is 2.23. The Morgan fingerprint density at radius 2 is 1.43 bits per heavy atom. The lowest BCUT2D eigenvalue weighted by Crippen LogP contribution is -2.37. The standard InChI is InChI=1S/C23H28N4O3/c1-17(28)24-20-7-4-6-19(16-20)23(30)27-13-5-12-26(14-15-27)22(29)18-8-10-21(11-9-18)25(2)3/h4,6-11,16H,5,12-15H2,1-3H3,(H,24,28). The number of hydrogen-bond donors (Lipinski definition) is 1. The van der Waals surface area contributed by atoms with Gasteiger partial charge in [0, 0.05) is 69.7 Å². The molecule has 0 saturated carbocycles. The molecule has 0 aliphatic carbocycles. The molecule has 30 heavy (non-hydrogen) atoms. The summed E-state index contributed by atoms with van der Waals surface area (Å²) < 4.78 is 0. The van der Waals surface area contributed by atoms with Gasteiger partial charge in [0.1, 0.15) is 0 Å². The molecule has 1 heterocycles. The van der Waals surface area contributed by atoms with Crippen molar-refractivity contribution in [3.8, 4) is 0 Å². The van der Waals surface area contributed by atoms with Crippen molar-refractivity contribution in [2.24, 2.45) is 0 Å². The van der Waals surface area contributed by atoms with E-state index in [4.69, 9.17) is 0 Å². The summed E-state index contributed by atoms with van der Waals surface area (Å²) in [6.07, 6.45) is 0.721. The summed E-state index contributed by atoms with van der Waals surface area (Å²) in [6, 6.07) is 14.5.